The van der Waals surface area contributed by atoms with Crippen molar-refractivity contribution in [2.24, 2.45) is 17.8 Å². The van der Waals surface area contributed by atoms with E-state index in [4.69, 9.17) is 9.47 Å². The molecule has 7 nitrogen and oxygen atoms in total. The number of carbonyl (C=O) groups excluding carboxylic acids is 1. The fourth-order valence-electron chi connectivity index (χ4n) is 4.17. The Morgan fingerprint density at radius 1 is 1.05 bits per heavy atom. The van der Waals surface area contributed by atoms with Gasteiger partial charge < -0.3 is 25.0 Å². The zero-order valence-corrected chi connectivity index (χ0v) is 25.2. The van der Waals surface area contributed by atoms with Crippen molar-refractivity contribution in [1.29, 1.82) is 0 Å². The topological polar surface area (TPSA) is 105 Å². The molecule has 0 radical (unpaired) electrons. The quantitative estimate of drug-likeness (QED) is 0.254. The zero-order chi connectivity index (χ0) is 28.6. The maximum Gasteiger partial charge on any atom is 0.407 e. The number of aliphatic hydroxyl groups is 1. The number of hydrogen-bond donors (Lipinski definition) is 3. The molecule has 1 aromatic rings. The molecule has 8 heteroatoms. The molecule has 0 spiro atoms. The van der Waals surface area contributed by atoms with E-state index in [2.05, 4.69) is 58.1 Å². The summed E-state index contributed by atoms with van der Waals surface area (Å²) in [6, 6.07) is 5.71. The van der Waals surface area contributed by atoms with Gasteiger partial charge in [-0.2, -0.15) is 0 Å². The molecule has 0 aliphatic carbocycles. The van der Waals surface area contributed by atoms with Crippen LogP contribution in [0.25, 0.3) is 0 Å². The molecule has 1 rings (SSSR count). The van der Waals surface area contributed by atoms with Crippen LogP contribution < -0.4 is 10.1 Å². The van der Waals surface area contributed by atoms with Gasteiger partial charge >= 0.3 is 12.1 Å². The Balaban J connectivity index is 3.22. The molecule has 0 aliphatic heterocycles. The number of ether oxygens (including phenoxy) is 2. The standard InChI is InChI=1S/C29H49NO6S/c1-18(2)21(14-20-11-12-22(28(4,5)6)25(15-20)35-17-37-10)16-23(24(31)13-19(3)26(32)33)30-27(34)36-29(7,8)9/h11-12,15,18-19,21,23-24,31H,13-14,16-17H2,1-10H3,(H,30,34)(H,32,33)/t19?,21-,23-,24-/m0/s1. The highest BCUT2D eigenvalue weighted by Gasteiger charge is 2.31. The fraction of sp³-hybridized carbons (Fsp3) is 0.724. The van der Waals surface area contributed by atoms with Crippen LogP contribution in [0.3, 0.4) is 0 Å². The molecule has 0 fully saturated rings. The highest BCUT2D eigenvalue weighted by Crippen LogP contribution is 2.34. The minimum atomic E-state index is -1.02. The maximum atomic E-state index is 12.6. The van der Waals surface area contributed by atoms with E-state index in [9.17, 15) is 19.8 Å². The number of carbonyl (C=O) groups is 2. The summed E-state index contributed by atoms with van der Waals surface area (Å²) in [7, 11) is 0. The van der Waals surface area contributed by atoms with Crippen LogP contribution in [-0.4, -0.2) is 52.2 Å². The van der Waals surface area contributed by atoms with Gasteiger partial charge in [-0.3, -0.25) is 4.79 Å². The van der Waals surface area contributed by atoms with Crippen molar-refractivity contribution in [3.05, 3.63) is 29.3 Å². The fourth-order valence-corrected chi connectivity index (χ4v) is 4.42. The third kappa shape index (κ3) is 12.0. The van der Waals surface area contributed by atoms with Crippen molar-refractivity contribution in [1.82, 2.24) is 5.32 Å². The molecule has 1 aromatic carbocycles. The number of nitrogens with one attached hydrogen (secondary N) is 1. The first-order valence-electron chi connectivity index (χ1n) is 13.1. The van der Waals surface area contributed by atoms with Crippen LogP contribution in [0.2, 0.25) is 0 Å². The van der Waals surface area contributed by atoms with Crippen LogP contribution in [-0.2, 0) is 21.4 Å². The Labute approximate surface area is 228 Å². The summed E-state index contributed by atoms with van der Waals surface area (Å²) in [5, 5.41) is 23.2. The van der Waals surface area contributed by atoms with Gasteiger partial charge in [0.25, 0.3) is 0 Å². The van der Waals surface area contributed by atoms with Crippen molar-refractivity contribution in [3.63, 3.8) is 0 Å². The Morgan fingerprint density at radius 3 is 2.16 bits per heavy atom. The molecule has 3 N–H and O–H groups in total. The van der Waals surface area contributed by atoms with Gasteiger partial charge in [-0.25, -0.2) is 4.79 Å². The summed E-state index contributed by atoms with van der Waals surface area (Å²) in [6.45, 7) is 17.6. The predicted octanol–water partition coefficient (Wildman–Crippen LogP) is 6.25. The lowest BCUT2D eigenvalue weighted by Crippen LogP contribution is -2.47. The Kier molecular flexibility index (Phi) is 12.8. The number of hydrogen-bond acceptors (Lipinski definition) is 6. The van der Waals surface area contributed by atoms with Crippen LogP contribution >= 0.6 is 11.8 Å². The molecule has 37 heavy (non-hydrogen) atoms. The number of aliphatic hydroxyl groups excluding tert-OH is 1. The molecule has 0 saturated carbocycles. The summed E-state index contributed by atoms with van der Waals surface area (Å²) < 4.78 is 11.5. The van der Waals surface area contributed by atoms with Gasteiger partial charge in [-0.15, -0.1) is 11.8 Å². The van der Waals surface area contributed by atoms with E-state index in [-0.39, 0.29) is 23.7 Å². The van der Waals surface area contributed by atoms with E-state index in [0.717, 1.165) is 23.3 Å². The number of thioether (sulfide) groups is 1. The van der Waals surface area contributed by atoms with Gasteiger partial charge in [0.15, 0.2) is 0 Å². The van der Waals surface area contributed by atoms with E-state index in [1.807, 2.05) is 6.26 Å². The lowest BCUT2D eigenvalue weighted by Gasteiger charge is -2.32. The molecule has 1 amide bonds. The summed E-state index contributed by atoms with van der Waals surface area (Å²) >= 11 is 1.62. The van der Waals surface area contributed by atoms with Crippen LogP contribution in [0.4, 0.5) is 4.79 Å². The molecule has 4 atom stereocenters. The number of benzene rings is 1. The first-order valence-corrected chi connectivity index (χ1v) is 14.5. The van der Waals surface area contributed by atoms with Crippen molar-refractivity contribution < 1.29 is 29.3 Å². The number of aliphatic carboxylic acids is 1. The number of amides is 1. The summed E-state index contributed by atoms with van der Waals surface area (Å²) in [4.78, 5) is 24.0. The normalized spacial score (nSPS) is 15.6. The van der Waals surface area contributed by atoms with E-state index in [0.29, 0.717) is 12.4 Å². The van der Waals surface area contributed by atoms with Gasteiger partial charge in [0.1, 0.15) is 17.3 Å². The van der Waals surface area contributed by atoms with Gasteiger partial charge in [0.2, 0.25) is 0 Å². The molecule has 0 bridgehead atoms. The Bertz CT molecular complexity index is 874. The van der Waals surface area contributed by atoms with E-state index < -0.39 is 35.7 Å². The second-order valence-electron chi connectivity index (χ2n) is 12.4. The number of carboxylic acid groups (broad SMARTS) is 1. The second kappa shape index (κ2) is 14.3. The molecule has 0 aromatic heterocycles. The van der Waals surface area contributed by atoms with Crippen molar-refractivity contribution in [2.45, 2.75) is 105 Å². The van der Waals surface area contributed by atoms with Crippen LogP contribution in [0.5, 0.6) is 5.75 Å². The highest BCUT2D eigenvalue weighted by atomic mass is 32.2. The lowest BCUT2D eigenvalue weighted by atomic mass is 9.80. The van der Waals surface area contributed by atoms with Gasteiger partial charge in [-0.05, 0) is 80.7 Å². The van der Waals surface area contributed by atoms with E-state index in [1.165, 1.54) is 0 Å². The smallest absolute Gasteiger partial charge is 0.407 e. The molecule has 212 valence electrons. The number of rotatable bonds is 13. The summed E-state index contributed by atoms with van der Waals surface area (Å²) in [6.07, 6.45) is 1.60. The Hall–Kier alpha value is -1.93. The van der Waals surface area contributed by atoms with Gasteiger partial charge in [0, 0.05) is 0 Å². The zero-order valence-electron chi connectivity index (χ0n) is 24.4. The number of carboxylic acids is 1. The first-order chi connectivity index (χ1) is 16.9. The highest BCUT2D eigenvalue weighted by molar-refractivity contribution is 7.98. The minimum Gasteiger partial charge on any atom is -0.483 e. The third-order valence-electron chi connectivity index (χ3n) is 6.37. The van der Waals surface area contributed by atoms with E-state index >= 15 is 0 Å². The van der Waals surface area contributed by atoms with Crippen molar-refractivity contribution in [2.75, 3.05) is 12.2 Å². The van der Waals surface area contributed by atoms with Crippen molar-refractivity contribution in [3.8, 4) is 5.75 Å². The average Bonchev–Trinajstić information content (AvgIpc) is 2.74. The first kappa shape index (κ1) is 33.1. The molecule has 1 unspecified atom stereocenters. The molecule has 0 aliphatic rings. The van der Waals surface area contributed by atoms with Crippen LogP contribution in [0.15, 0.2) is 18.2 Å². The molecular formula is C29H49NO6S. The van der Waals surface area contributed by atoms with Crippen LogP contribution in [0.1, 0.15) is 86.3 Å². The SMILES string of the molecule is CSCOc1cc(C[C@@H](C[C@H](NC(=O)OC(C)(C)C)[C@@H](O)CC(C)C(=O)O)C(C)C)ccc1C(C)(C)C. The maximum absolute atomic E-state index is 12.6. The van der Waals surface area contributed by atoms with Crippen molar-refractivity contribution >= 4 is 23.8 Å². The van der Waals surface area contributed by atoms with Crippen LogP contribution in [0, 0.1) is 17.8 Å². The van der Waals surface area contributed by atoms with Gasteiger partial charge in [0.05, 0.1) is 18.1 Å². The summed E-state index contributed by atoms with van der Waals surface area (Å²) in [5.74, 6) is 0.0912. The largest absolute Gasteiger partial charge is 0.483 e. The average molecular weight is 540 g/mol. The molecular weight excluding hydrogens is 490 g/mol. The minimum absolute atomic E-state index is 0.0353. The monoisotopic (exact) mass is 539 g/mol. The lowest BCUT2D eigenvalue weighted by molar-refractivity contribution is -0.142. The summed E-state index contributed by atoms with van der Waals surface area (Å²) in [5.41, 5.74) is 1.52. The van der Waals surface area contributed by atoms with E-state index in [1.54, 1.807) is 39.5 Å². The predicted molar refractivity (Wildman–Crippen MR) is 151 cm³/mol. The molecule has 0 saturated heterocycles. The Morgan fingerprint density at radius 2 is 1.68 bits per heavy atom. The number of alkyl carbamates (subject to hydrolysis) is 1. The molecule has 0 heterocycles. The third-order valence-corrected chi connectivity index (χ3v) is 6.72. The second-order valence-corrected chi connectivity index (χ2v) is 13.2. The van der Waals surface area contributed by atoms with Gasteiger partial charge in [-0.1, -0.05) is 53.7 Å².